The van der Waals surface area contributed by atoms with E-state index in [0.29, 0.717) is 17.2 Å². The van der Waals surface area contributed by atoms with Crippen molar-refractivity contribution < 1.29 is 19.0 Å². The molecule has 0 bridgehead atoms. The molecule has 0 saturated carbocycles. The molecule has 132 valence electrons. The van der Waals surface area contributed by atoms with Crippen molar-refractivity contribution in [2.75, 3.05) is 33.2 Å². The molecule has 25 heavy (non-hydrogen) atoms. The molecular formula is C18H21N3O4. The van der Waals surface area contributed by atoms with Gasteiger partial charge in [-0.3, -0.25) is 4.79 Å². The minimum atomic E-state index is -0.275. The van der Waals surface area contributed by atoms with Crippen molar-refractivity contribution in [3.63, 3.8) is 0 Å². The van der Waals surface area contributed by atoms with Gasteiger partial charge in [0.2, 0.25) is 0 Å². The van der Waals surface area contributed by atoms with Crippen molar-refractivity contribution >= 4 is 17.8 Å². The van der Waals surface area contributed by atoms with Gasteiger partial charge in [-0.25, -0.2) is 5.43 Å². The predicted molar refractivity (Wildman–Crippen MR) is 96.8 cm³/mol. The summed E-state index contributed by atoms with van der Waals surface area (Å²) in [5, 5.41) is 6.93. The molecule has 0 aliphatic rings. The Morgan fingerprint density at radius 3 is 2.44 bits per heavy atom. The van der Waals surface area contributed by atoms with Crippen molar-refractivity contribution in [3.05, 3.63) is 48.0 Å². The molecule has 0 unspecified atom stereocenters. The highest BCUT2D eigenvalue weighted by Gasteiger charge is 2.05. The van der Waals surface area contributed by atoms with Crippen LogP contribution in [0.2, 0.25) is 0 Å². The Morgan fingerprint density at radius 2 is 1.72 bits per heavy atom. The van der Waals surface area contributed by atoms with Gasteiger partial charge in [0.1, 0.15) is 5.75 Å². The largest absolute Gasteiger partial charge is 0.495 e. The van der Waals surface area contributed by atoms with E-state index in [1.807, 2.05) is 30.3 Å². The number of rotatable bonds is 8. The Morgan fingerprint density at radius 1 is 1.00 bits per heavy atom. The van der Waals surface area contributed by atoms with E-state index < -0.39 is 0 Å². The summed E-state index contributed by atoms with van der Waals surface area (Å²) in [4.78, 5) is 11.9. The lowest BCUT2D eigenvalue weighted by molar-refractivity contribution is -0.119. The maximum absolute atomic E-state index is 11.9. The molecule has 2 N–H and O–H groups in total. The molecule has 0 atom stereocenters. The van der Waals surface area contributed by atoms with E-state index in [4.69, 9.17) is 14.2 Å². The highest BCUT2D eigenvalue weighted by atomic mass is 16.5. The third kappa shape index (κ3) is 5.13. The maximum atomic E-state index is 11.9. The third-order valence-corrected chi connectivity index (χ3v) is 3.36. The number of benzene rings is 2. The number of amides is 1. The lowest BCUT2D eigenvalue weighted by Crippen LogP contribution is -2.26. The quantitative estimate of drug-likeness (QED) is 0.568. The van der Waals surface area contributed by atoms with Crippen molar-refractivity contribution in [1.82, 2.24) is 5.43 Å². The van der Waals surface area contributed by atoms with Gasteiger partial charge in [0, 0.05) is 0 Å². The first-order chi connectivity index (χ1) is 12.2. The predicted octanol–water partition coefficient (Wildman–Crippen LogP) is 2.27. The Balaban J connectivity index is 1.88. The number of anilines is 1. The fourth-order valence-corrected chi connectivity index (χ4v) is 2.12. The third-order valence-electron chi connectivity index (χ3n) is 3.36. The molecular weight excluding hydrogens is 322 g/mol. The first kappa shape index (κ1) is 18.1. The molecule has 0 saturated heterocycles. The summed E-state index contributed by atoms with van der Waals surface area (Å²) in [6.07, 6.45) is 1.53. The van der Waals surface area contributed by atoms with E-state index in [0.717, 1.165) is 11.3 Å². The van der Waals surface area contributed by atoms with Gasteiger partial charge in [-0.2, -0.15) is 5.10 Å². The molecule has 7 nitrogen and oxygen atoms in total. The number of nitrogens with one attached hydrogen (secondary N) is 2. The Kier molecular flexibility index (Phi) is 6.65. The SMILES string of the molecule is COc1ccccc1NCC(=O)N/N=C\c1ccc(OC)c(OC)c1. The van der Waals surface area contributed by atoms with Crippen LogP contribution in [-0.2, 0) is 4.79 Å². The molecule has 0 aromatic heterocycles. The molecule has 0 fully saturated rings. The smallest absolute Gasteiger partial charge is 0.259 e. The van der Waals surface area contributed by atoms with E-state index in [9.17, 15) is 4.79 Å². The lowest BCUT2D eigenvalue weighted by Gasteiger charge is -2.09. The van der Waals surface area contributed by atoms with Crippen LogP contribution in [0.1, 0.15) is 5.56 Å². The number of ether oxygens (including phenoxy) is 3. The molecule has 0 aliphatic carbocycles. The Bertz CT molecular complexity index is 747. The van der Waals surface area contributed by atoms with Crippen LogP contribution in [-0.4, -0.2) is 40.0 Å². The van der Waals surface area contributed by atoms with Gasteiger partial charge < -0.3 is 19.5 Å². The molecule has 0 radical (unpaired) electrons. The van der Waals surface area contributed by atoms with Crippen LogP contribution in [0.3, 0.4) is 0 Å². The van der Waals surface area contributed by atoms with Gasteiger partial charge in [0.25, 0.3) is 5.91 Å². The van der Waals surface area contributed by atoms with Crippen molar-refractivity contribution in [2.24, 2.45) is 5.10 Å². The minimum Gasteiger partial charge on any atom is -0.495 e. The number of methoxy groups -OCH3 is 3. The highest BCUT2D eigenvalue weighted by molar-refractivity contribution is 5.85. The van der Waals surface area contributed by atoms with Gasteiger partial charge >= 0.3 is 0 Å². The summed E-state index contributed by atoms with van der Waals surface area (Å²) in [6.45, 7) is 0.0731. The average Bonchev–Trinajstić information content (AvgIpc) is 2.66. The van der Waals surface area contributed by atoms with Crippen LogP contribution in [0.15, 0.2) is 47.6 Å². The lowest BCUT2D eigenvalue weighted by atomic mass is 10.2. The van der Waals surface area contributed by atoms with Gasteiger partial charge in [-0.15, -0.1) is 0 Å². The summed E-state index contributed by atoms with van der Waals surface area (Å²) in [5.41, 5.74) is 3.97. The maximum Gasteiger partial charge on any atom is 0.259 e. The number of hydrogen-bond donors (Lipinski definition) is 2. The first-order valence-electron chi connectivity index (χ1n) is 7.58. The van der Waals surface area contributed by atoms with Crippen LogP contribution in [0.25, 0.3) is 0 Å². The van der Waals surface area contributed by atoms with Crippen molar-refractivity contribution in [2.45, 2.75) is 0 Å². The van der Waals surface area contributed by atoms with Crippen LogP contribution in [0.4, 0.5) is 5.69 Å². The molecule has 2 rings (SSSR count). The van der Waals surface area contributed by atoms with Gasteiger partial charge in [0.05, 0.1) is 39.8 Å². The summed E-state index contributed by atoms with van der Waals surface area (Å²) in [7, 11) is 4.71. The van der Waals surface area contributed by atoms with Gasteiger partial charge in [0.15, 0.2) is 11.5 Å². The van der Waals surface area contributed by atoms with Gasteiger partial charge in [-0.1, -0.05) is 12.1 Å². The summed E-state index contributed by atoms with van der Waals surface area (Å²) >= 11 is 0. The molecule has 0 heterocycles. The van der Waals surface area contributed by atoms with Crippen LogP contribution in [0, 0.1) is 0 Å². The second kappa shape index (κ2) is 9.17. The topological polar surface area (TPSA) is 81.2 Å². The second-order valence-corrected chi connectivity index (χ2v) is 4.96. The van der Waals surface area contributed by atoms with E-state index in [1.54, 1.807) is 33.5 Å². The number of hydrogen-bond acceptors (Lipinski definition) is 6. The zero-order chi connectivity index (χ0) is 18.1. The monoisotopic (exact) mass is 343 g/mol. The number of para-hydroxylation sites is 2. The van der Waals surface area contributed by atoms with E-state index in [1.165, 1.54) is 6.21 Å². The Labute approximate surface area is 146 Å². The van der Waals surface area contributed by atoms with E-state index in [-0.39, 0.29) is 12.5 Å². The molecule has 0 spiro atoms. The molecule has 0 aliphatic heterocycles. The van der Waals surface area contributed by atoms with E-state index in [2.05, 4.69) is 15.8 Å². The first-order valence-corrected chi connectivity index (χ1v) is 7.58. The van der Waals surface area contributed by atoms with Crippen LogP contribution < -0.4 is 25.0 Å². The number of carbonyl (C=O) groups excluding carboxylic acids is 1. The minimum absolute atomic E-state index is 0.0731. The summed E-state index contributed by atoms with van der Waals surface area (Å²) in [5.74, 6) is 1.62. The summed E-state index contributed by atoms with van der Waals surface area (Å²) < 4.78 is 15.6. The molecule has 2 aromatic rings. The second-order valence-electron chi connectivity index (χ2n) is 4.96. The zero-order valence-electron chi connectivity index (χ0n) is 14.4. The highest BCUT2D eigenvalue weighted by Crippen LogP contribution is 2.26. The van der Waals surface area contributed by atoms with E-state index >= 15 is 0 Å². The number of carbonyl (C=O) groups is 1. The number of hydrazone groups is 1. The summed E-state index contributed by atoms with van der Waals surface area (Å²) in [6, 6.07) is 12.7. The normalized spacial score (nSPS) is 10.4. The van der Waals surface area contributed by atoms with Gasteiger partial charge in [-0.05, 0) is 35.9 Å². The van der Waals surface area contributed by atoms with Crippen LogP contribution in [0.5, 0.6) is 17.2 Å². The van der Waals surface area contributed by atoms with Crippen molar-refractivity contribution in [1.29, 1.82) is 0 Å². The molecule has 7 heteroatoms. The fourth-order valence-electron chi connectivity index (χ4n) is 2.12. The van der Waals surface area contributed by atoms with Crippen molar-refractivity contribution in [3.8, 4) is 17.2 Å². The molecule has 2 aromatic carbocycles. The standard InChI is InChI=1S/C18H21N3O4/c1-23-15-7-5-4-6-14(15)19-12-18(22)21-20-11-13-8-9-16(24-2)17(10-13)25-3/h4-11,19H,12H2,1-3H3,(H,21,22)/b20-11-. The average molecular weight is 343 g/mol. The Hall–Kier alpha value is -3.22. The molecule has 1 amide bonds. The fraction of sp³-hybridized carbons (Fsp3) is 0.222. The number of nitrogens with zero attached hydrogens (tertiary/aromatic N) is 1. The zero-order valence-corrected chi connectivity index (χ0v) is 14.4. The van der Waals surface area contributed by atoms with Crippen LogP contribution >= 0.6 is 0 Å².